The molecule has 0 radical (unpaired) electrons. The predicted octanol–water partition coefficient (Wildman–Crippen LogP) is 1.52. The molecule has 2 aromatic heterocycles. The first-order valence-corrected chi connectivity index (χ1v) is 6.46. The second-order valence-electron chi connectivity index (χ2n) is 3.92. The van der Waals surface area contributed by atoms with E-state index in [0.29, 0.717) is 0 Å². The fraction of sp³-hybridized carbons (Fsp3) is 0.455. The lowest BCUT2D eigenvalue weighted by atomic mass is 10.1. The molecule has 0 atom stereocenters. The Bertz CT molecular complexity index is 554. The maximum atomic E-state index is 5.38. The van der Waals surface area contributed by atoms with Crippen LogP contribution in [0.1, 0.15) is 16.8 Å². The van der Waals surface area contributed by atoms with Gasteiger partial charge in [0.2, 0.25) is 5.16 Å². The van der Waals surface area contributed by atoms with Crippen molar-refractivity contribution >= 4 is 11.8 Å². The third-order valence-corrected chi connectivity index (χ3v) is 3.69. The van der Waals surface area contributed by atoms with Gasteiger partial charge in [0, 0.05) is 30.1 Å². The zero-order valence-corrected chi connectivity index (χ0v) is 11.7. The van der Waals surface area contributed by atoms with Gasteiger partial charge < -0.3 is 4.74 Å². The molecule has 0 aliphatic carbocycles. The summed E-state index contributed by atoms with van der Waals surface area (Å²) in [5, 5.41) is 12.1. The van der Waals surface area contributed by atoms with E-state index in [1.54, 1.807) is 23.6 Å². The summed E-state index contributed by atoms with van der Waals surface area (Å²) in [6, 6.07) is 0. The number of ether oxygens (including phenoxy) is 1. The second kappa shape index (κ2) is 5.34. The van der Waals surface area contributed by atoms with E-state index >= 15 is 0 Å². The number of pyridine rings is 1. The lowest BCUT2D eigenvalue weighted by Gasteiger charge is -2.11. The summed E-state index contributed by atoms with van der Waals surface area (Å²) in [7, 11) is 3.50. The Morgan fingerprint density at radius 3 is 2.78 bits per heavy atom. The molecule has 2 aromatic rings. The van der Waals surface area contributed by atoms with Crippen molar-refractivity contribution < 1.29 is 4.74 Å². The number of tetrazole rings is 1. The molecule has 2 heterocycles. The van der Waals surface area contributed by atoms with Crippen LogP contribution in [-0.2, 0) is 12.8 Å². The van der Waals surface area contributed by atoms with Crippen molar-refractivity contribution in [1.29, 1.82) is 0 Å². The molecule has 0 fully saturated rings. The number of aryl methyl sites for hydroxylation is 2. The van der Waals surface area contributed by atoms with Crippen LogP contribution in [0.15, 0.2) is 11.4 Å². The van der Waals surface area contributed by atoms with Crippen molar-refractivity contribution in [3.05, 3.63) is 23.0 Å². The molecular weight excluding hydrogens is 250 g/mol. The van der Waals surface area contributed by atoms with Crippen molar-refractivity contribution in [2.45, 2.75) is 24.8 Å². The summed E-state index contributed by atoms with van der Waals surface area (Å²) in [5.74, 6) is 1.62. The van der Waals surface area contributed by atoms with Gasteiger partial charge in [-0.1, -0.05) is 11.8 Å². The molecule has 0 bridgehead atoms. The third-order valence-electron chi connectivity index (χ3n) is 2.67. The van der Waals surface area contributed by atoms with Gasteiger partial charge in [0.1, 0.15) is 5.75 Å². The summed E-state index contributed by atoms with van der Waals surface area (Å²) >= 11 is 1.55. The zero-order chi connectivity index (χ0) is 13.1. The first-order chi connectivity index (χ1) is 8.63. The zero-order valence-electron chi connectivity index (χ0n) is 10.8. The van der Waals surface area contributed by atoms with Gasteiger partial charge in [-0.25, -0.2) is 4.68 Å². The molecule has 0 aliphatic rings. The minimum absolute atomic E-state index is 0.719. The highest BCUT2D eigenvalue weighted by Gasteiger charge is 2.11. The molecule has 18 heavy (non-hydrogen) atoms. The van der Waals surface area contributed by atoms with Crippen LogP contribution in [0, 0.1) is 13.8 Å². The van der Waals surface area contributed by atoms with Crippen molar-refractivity contribution in [3.63, 3.8) is 0 Å². The third kappa shape index (κ3) is 2.45. The normalized spacial score (nSPS) is 10.7. The van der Waals surface area contributed by atoms with Crippen LogP contribution in [0.25, 0.3) is 0 Å². The Labute approximate surface area is 110 Å². The number of rotatable bonds is 4. The summed E-state index contributed by atoms with van der Waals surface area (Å²) < 4.78 is 7.03. The van der Waals surface area contributed by atoms with Gasteiger partial charge in [-0.2, -0.15) is 0 Å². The minimum Gasteiger partial charge on any atom is -0.496 e. The maximum absolute atomic E-state index is 5.38. The highest BCUT2D eigenvalue weighted by molar-refractivity contribution is 7.98. The number of nitrogens with zero attached hydrogens (tertiary/aromatic N) is 5. The first kappa shape index (κ1) is 12.8. The second-order valence-corrected chi connectivity index (χ2v) is 4.86. The molecule has 0 spiro atoms. The molecule has 0 aromatic carbocycles. The van der Waals surface area contributed by atoms with Crippen LogP contribution >= 0.6 is 11.8 Å². The molecular formula is C11H15N5OS. The van der Waals surface area contributed by atoms with E-state index in [-0.39, 0.29) is 0 Å². The lowest BCUT2D eigenvalue weighted by Crippen LogP contribution is -2.00. The van der Waals surface area contributed by atoms with Crippen molar-refractivity contribution in [1.82, 2.24) is 25.2 Å². The summed E-state index contributed by atoms with van der Waals surface area (Å²) in [5.41, 5.74) is 3.11. The molecule has 0 unspecified atom stereocenters. The van der Waals surface area contributed by atoms with Crippen molar-refractivity contribution in [2.75, 3.05) is 7.11 Å². The van der Waals surface area contributed by atoms with Gasteiger partial charge in [0.05, 0.1) is 12.8 Å². The van der Waals surface area contributed by atoms with E-state index in [0.717, 1.165) is 33.5 Å². The molecule has 0 N–H and O–H groups in total. The van der Waals surface area contributed by atoms with E-state index in [4.69, 9.17) is 4.74 Å². The van der Waals surface area contributed by atoms with E-state index in [2.05, 4.69) is 20.5 Å². The molecule has 7 heteroatoms. The van der Waals surface area contributed by atoms with E-state index < -0.39 is 0 Å². The van der Waals surface area contributed by atoms with Gasteiger partial charge >= 0.3 is 0 Å². The number of hydrogen-bond acceptors (Lipinski definition) is 6. The fourth-order valence-corrected chi connectivity index (χ4v) is 2.57. The van der Waals surface area contributed by atoms with Crippen LogP contribution in [-0.4, -0.2) is 32.3 Å². The number of methoxy groups -OCH3 is 1. The SMILES string of the molecule is COc1c(C)cnc(CSc2nnnn2C)c1C. The Hall–Kier alpha value is -1.63. The summed E-state index contributed by atoms with van der Waals surface area (Å²) in [6.45, 7) is 4.01. The minimum atomic E-state index is 0.719. The smallest absolute Gasteiger partial charge is 0.209 e. The Morgan fingerprint density at radius 2 is 2.17 bits per heavy atom. The molecule has 2 rings (SSSR count). The number of hydrogen-bond donors (Lipinski definition) is 0. The van der Waals surface area contributed by atoms with Gasteiger partial charge in [-0.05, 0) is 24.3 Å². The van der Waals surface area contributed by atoms with E-state index in [1.807, 2.05) is 27.1 Å². The van der Waals surface area contributed by atoms with Gasteiger partial charge in [0.25, 0.3) is 0 Å². The fourth-order valence-electron chi connectivity index (χ4n) is 1.69. The highest BCUT2D eigenvalue weighted by Crippen LogP contribution is 2.27. The van der Waals surface area contributed by atoms with Crippen LogP contribution in [0.3, 0.4) is 0 Å². The van der Waals surface area contributed by atoms with Gasteiger partial charge in [-0.3, -0.25) is 4.98 Å². The van der Waals surface area contributed by atoms with Crippen molar-refractivity contribution in [3.8, 4) is 5.75 Å². The number of aromatic nitrogens is 5. The highest BCUT2D eigenvalue weighted by atomic mass is 32.2. The molecule has 0 saturated carbocycles. The van der Waals surface area contributed by atoms with Crippen LogP contribution in [0.5, 0.6) is 5.75 Å². The maximum Gasteiger partial charge on any atom is 0.209 e. The summed E-state index contributed by atoms with van der Waals surface area (Å²) in [6.07, 6.45) is 1.83. The largest absolute Gasteiger partial charge is 0.496 e. The quantitative estimate of drug-likeness (QED) is 0.781. The van der Waals surface area contributed by atoms with Crippen LogP contribution in [0.4, 0.5) is 0 Å². The predicted molar refractivity (Wildman–Crippen MR) is 68.6 cm³/mol. The lowest BCUT2D eigenvalue weighted by molar-refractivity contribution is 0.407. The van der Waals surface area contributed by atoms with E-state index in [1.165, 1.54) is 0 Å². The topological polar surface area (TPSA) is 65.7 Å². The molecule has 0 saturated heterocycles. The monoisotopic (exact) mass is 265 g/mol. The molecule has 0 aliphatic heterocycles. The van der Waals surface area contributed by atoms with Crippen LogP contribution in [0.2, 0.25) is 0 Å². The Kier molecular flexibility index (Phi) is 3.81. The Morgan fingerprint density at radius 1 is 1.39 bits per heavy atom. The van der Waals surface area contributed by atoms with Crippen LogP contribution < -0.4 is 4.74 Å². The first-order valence-electron chi connectivity index (χ1n) is 5.47. The van der Waals surface area contributed by atoms with Gasteiger partial charge in [-0.15, -0.1) is 5.10 Å². The average Bonchev–Trinajstić information content (AvgIpc) is 2.75. The van der Waals surface area contributed by atoms with Gasteiger partial charge in [0.15, 0.2) is 0 Å². The number of thioether (sulfide) groups is 1. The molecule has 96 valence electrons. The standard InChI is InChI=1S/C11H15N5OS/c1-7-5-12-9(8(2)10(7)17-4)6-18-11-13-14-15-16(11)3/h5H,6H2,1-4H3. The molecule has 0 amide bonds. The van der Waals surface area contributed by atoms with Crippen molar-refractivity contribution in [2.24, 2.45) is 7.05 Å². The summed E-state index contributed by atoms with van der Waals surface area (Å²) in [4.78, 5) is 4.44. The van der Waals surface area contributed by atoms with E-state index in [9.17, 15) is 0 Å². The molecule has 6 nitrogen and oxygen atoms in total. The average molecular weight is 265 g/mol. The Balaban J connectivity index is 2.18.